The van der Waals surface area contributed by atoms with Crippen molar-refractivity contribution in [2.75, 3.05) is 7.11 Å². The van der Waals surface area contributed by atoms with Crippen molar-refractivity contribution < 1.29 is 9.53 Å². The molecule has 2 aromatic rings. The van der Waals surface area contributed by atoms with Crippen LogP contribution in [0.2, 0.25) is 0 Å². The summed E-state index contributed by atoms with van der Waals surface area (Å²) in [6, 6.07) is 9.31. The predicted molar refractivity (Wildman–Crippen MR) is 57.4 cm³/mol. The van der Waals surface area contributed by atoms with Gasteiger partial charge in [-0.15, -0.1) is 5.10 Å². The Morgan fingerprint density at radius 3 is 2.81 bits per heavy atom. The molecule has 0 unspecified atom stereocenters. The maximum Gasteiger partial charge on any atom is 0.374 e. The first-order valence-electron chi connectivity index (χ1n) is 4.41. The van der Waals surface area contributed by atoms with E-state index < -0.39 is 5.30 Å². The van der Waals surface area contributed by atoms with Gasteiger partial charge in [0.1, 0.15) is 0 Å². The molecule has 1 aromatic carbocycles. The van der Waals surface area contributed by atoms with Gasteiger partial charge in [0.05, 0.1) is 12.8 Å². The second-order valence-electron chi connectivity index (χ2n) is 2.76. The zero-order chi connectivity index (χ0) is 11.4. The Bertz CT molecular complexity index is 485. The van der Waals surface area contributed by atoms with E-state index in [0.29, 0.717) is 5.16 Å². The summed E-state index contributed by atoms with van der Waals surface area (Å²) in [5.41, 5.74) is 0.791. The molecule has 0 aliphatic carbocycles. The molecule has 0 amide bonds. The minimum atomic E-state index is -0.452. The fourth-order valence-corrected chi connectivity index (χ4v) is 1.63. The van der Waals surface area contributed by atoms with Crippen molar-refractivity contribution in [3.63, 3.8) is 0 Å². The Hall–Kier alpha value is -1.89. The molecule has 0 saturated heterocycles. The highest BCUT2D eigenvalue weighted by atomic mass is 32.2. The first kappa shape index (κ1) is 10.6. The number of hydrogen-bond acceptors (Lipinski definition) is 6. The third kappa shape index (κ3) is 2.19. The van der Waals surface area contributed by atoms with Crippen LogP contribution in [0, 0.1) is 0 Å². The fraction of sp³-hybridized carbons (Fsp3) is 0.111. The molecule has 0 bridgehead atoms. The lowest BCUT2D eigenvalue weighted by Gasteiger charge is -2.01. The van der Waals surface area contributed by atoms with Crippen LogP contribution in [0.5, 0.6) is 0 Å². The summed E-state index contributed by atoms with van der Waals surface area (Å²) < 4.78 is 6.00. The SMILES string of the molecule is COC(=O)Sc1nnnn1-c1ccccc1. The van der Waals surface area contributed by atoms with E-state index in [2.05, 4.69) is 20.3 Å². The Labute approximate surface area is 95.6 Å². The van der Waals surface area contributed by atoms with Gasteiger partial charge in [0.15, 0.2) is 0 Å². The summed E-state index contributed by atoms with van der Waals surface area (Å²) >= 11 is 0.837. The van der Waals surface area contributed by atoms with Crippen LogP contribution in [-0.4, -0.2) is 32.6 Å². The zero-order valence-corrected chi connectivity index (χ0v) is 9.22. The molecule has 0 aliphatic heterocycles. The van der Waals surface area contributed by atoms with Gasteiger partial charge in [-0.25, -0.2) is 4.79 Å². The summed E-state index contributed by atoms with van der Waals surface area (Å²) in [6.45, 7) is 0. The Kier molecular flexibility index (Phi) is 3.16. The summed E-state index contributed by atoms with van der Waals surface area (Å²) in [5.74, 6) is 0. The van der Waals surface area contributed by atoms with Gasteiger partial charge in [0, 0.05) is 11.8 Å². The smallest absolute Gasteiger partial charge is 0.374 e. The van der Waals surface area contributed by atoms with Crippen LogP contribution in [0.25, 0.3) is 5.69 Å². The Balaban J connectivity index is 2.29. The largest absolute Gasteiger partial charge is 0.461 e. The average Bonchev–Trinajstić information content (AvgIpc) is 2.78. The van der Waals surface area contributed by atoms with Crippen molar-refractivity contribution in [3.8, 4) is 5.69 Å². The molecule has 1 heterocycles. The lowest BCUT2D eigenvalue weighted by atomic mass is 10.3. The van der Waals surface area contributed by atoms with Crippen LogP contribution < -0.4 is 0 Å². The van der Waals surface area contributed by atoms with Crippen LogP contribution in [0.1, 0.15) is 0 Å². The van der Waals surface area contributed by atoms with Gasteiger partial charge in [0.25, 0.3) is 0 Å². The Morgan fingerprint density at radius 1 is 1.38 bits per heavy atom. The molecular formula is C9H8N4O2S. The van der Waals surface area contributed by atoms with E-state index in [1.807, 2.05) is 30.3 Å². The molecule has 7 heteroatoms. The van der Waals surface area contributed by atoms with Crippen molar-refractivity contribution in [1.29, 1.82) is 0 Å². The van der Waals surface area contributed by atoms with Gasteiger partial charge in [-0.1, -0.05) is 18.2 Å². The lowest BCUT2D eigenvalue weighted by Crippen LogP contribution is -2.01. The van der Waals surface area contributed by atoms with E-state index >= 15 is 0 Å². The minimum absolute atomic E-state index is 0.373. The standard InChI is InChI=1S/C9H8N4O2S/c1-15-9(14)16-8-10-11-12-13(8)7-5-3-2-4-6-7/h2-6H,1H3. The maximum absolute atomic E-state index is 11.1. The second kappa shape index (κ2) is 4.75. The van der Waals surface area contributed by atoms with Gasteiger partial charge in [0.2, 0.25) is 5.16 Å². The normalized spacial score (nSPS) is 10.1. The highest BCUT2D eigenvalue weighted by Gasteiger charge is 2.13. The number of carbonyl (C=O) groups is 1. The first-order valence-corrected chi connectivity index (χ1v) is 5.22. The summed E-state index contributed by atoms with van der Waals surface area (Å²) in [4.78, 5) is 11.1. The van der Waals surface area contributed by atoms with E-state index in [1.165, 1.54) is 11.8 Å². The number of ether oxygens (including phenoxy) is 1. The van der Waals surface area contributed by atoms with Gasteiger partial charge in [-0.05, 0) is 22.6 Å². The number of tetrazole rings is 1. The third-order valence-electron chi connectivity index (χ3n) is 1.78. The van der Waals surface area contributed by atoms with Gasteiger partial charge >= 0.3 is 5.30 Å². The quantitative estimate of drug-likeness (QED) is 0.581. The number of benzene rings is 1. The minimum Gasteiger partial charge on any atom is -0.461 e. The van der Waals surface area contributed by atoms with Crippen LogP contribution in [0.4, 0.5) is 4.79 Å². The number of thioether (sulfide) groups is 1. The highest BCUT2D eigenvalue weighted by Crippen LogP contribution is 2.19. The molecule has 1 aromatic heterocycles. The van der Waals surface area contributed by atoms with Gasteiger partial charge < -0.3 is 4.74 Å². The van der Waals surface area contributed by atoms with E-state index in [-0.39, 0.29) is 0 Å². The highest BCUT2D eigenvalue weighted by molar-refractivity contribution is 8.13. The number of nitrogens with zero attached hydrogens (tertiary/aromatic N) is 4. The first-order chi connectivity index (χ1) is 7.81. The van der Waals surface area contributed by atoms with Gasteiger partial charge in [-0.3, -0.25) is 0 Å². The van der Waals surface area contributed by atoms with Crippen LogP contribution in [0.3, 0.4) is 0 Å². The topological polar surface area (TPSA) is 69.9 Å². The third-order valence-corrected chi connectivity index (χ3v) is 2.55. The second-order valence-corrected chi connectivity index (χ2v) is 3.67. The molecular weight excluding hydrogens is 228 g/mol. The lowest BCUT2D eigenvalue weighted by molar-refractivity contribution is 0.200. The molecule has 0 saturated carbocycles. The monoisotopic (exact) mass is 236 g/mol. The van der Waals surface area contributed by atoms with Crippen molar-refractivity contribution in [1.82, 2.24) is 20.2 Å². The van der Waals surface area contributed by atoms with E-state index in [4.69, 9.17) is 0 Å². The van der Waals surface area contributed by atoms with Crippen LogP contribution in [-0.2, 0) is 4.74 Å². The van der Waals surface area contributed by atoms with E-state index in [9.17, 15) is 4.79 Å². The molecule has 0 radical (unpaired) electrons. The zero-order valence-electron chi connectivity index (χ0n) is 8.40. The molecule has 0 fully saturated rings. The number of carbonyl (C=O) groups excluding carboxylic acids is 1. The molecule has 0 aliphatic rings. The van der Waals surface area contributed by atoms with E-state index in [0.717, 1.165) is 17.4 Å². The number of aromatic nitrogens is 4. The maximum atomic E-state index is 11.1. The molecule has 2 rings (SSSR count). The van der Waals surface area contributed by atoms with Crippen LogP contribution >= 0.6 is 11.8 Å². The molecule has 16 heavy (non-hydrogen) atoms. The van der Waals surface area contributed by atoms with Crippen molar-refractivity contribution in [2.24, 2.45) is 0 Å². The molecule has 0 N–H and O–H groups in total. The summed E-state index contributed by atoms with van der Waals surface area (Å²) in [7, 11) is 1.31. The molecule has 0 spiro atoms. The van der Waals surface area contributed by atoms with Crippen molar-refractivity contribution in [2.45, 2.75) is 5.16 Å². The summed E-state index contributed by atoms with van der Waals surface area (Å²) in [6.07, 6.45) is 0. The summed E-state index contributed by atoms with van der Waals surface area (Å²) in [5, 5.41) is 11.0. The van der Waals surface area contributed by atoms with Gasteiger partial charge in [-0.2, -0.15) is 4.68 Å². The number of methoxy groups -OCH3 is 1. The van der Waals surface area contributed by atoms with Crippen molar-refractivity contribution >= 4 is 17.1 Å². The molecule has 82 valence electrons. The number of rotatable bonds is 2. The number of hydrogen-bond donors (Lipinski definition) is 0. The molecule has 6 nitrogen and oxygen atoms in total. The average molecular weight is 236 g/mol. The Morgan fingerprint density at radius 2 is 2.12 bits per heavy atom. The number of para-hydroxylation sites is 1. The fourth-order valence-electron chi connectivity index (χ4n) is 1.09. The molecule has 0 atom stereocenters. The predicted octanol–water partition coefficient (Wildman–Crippen LogP) is 1.52. The van der Waals surface area contributed by atoms with Crippen LogP contribution in [0.15, 0.2) is 35.5 Å². The van der Waals surface area contributed by atoms with E-state index in [1.54, 1.807) is 0 Å². The van der Waals surface area contributed by atoms with Crippen molar-refractivity contribution in [3.05, 3.63) is 30.3 Å².